The summed E-state index contributed by atoms with van der Waals surface area (Å²) in [5, 5.41) is 0. The summed E-state index contributed by atoms with van der Waals surface area (Å²) in [4.78, 5) is 13.3. The van der Waals surface area contributed by atoms with Crippen LogP contribution in [-0.4, -0.2) is 41.6 Å². The van der Waals surface area contributed by atoms with Crippen LogP contribution in [0.25, 0.3) is 0 Å². The molecule has 1 fully saturated rings. The van der Waals surface area contributed by atoms with Crippen LogP contribution in [0.15, 0.2) is 0 Å². The van der Waals surface area contributed by atoms with E-state index < -0.39 is 24.2 Å². The summed E-state index contributed by atoms with van der Waals surface area (Å²) in [6.07, 6.45) is -5.71. The molecule has 0 aromatic carbocycles. The van der Waals surface area contributed by atoms with E-state index in [9.17, 15) is 18.0 Å². The SMILES string of the molecule is C[C@H]1C[C@@H](OC(F)(F)F)CCN1C(=O)OC(C)(C)C. The highest BCUT2D eigenvalue weighted by molar-refractivity contribution is 5.68. The van der Waals surface area contributed by atoms with E-state index in [2.05, 4.69) is 4.74 Å². The Morgan fingerprint density at radius 2 is 1.84 bits per heavy atom. The van der Waals surface area contributed by atoms with Gasteiger partial charge in [0.2, 0.25) is 0 Å². The summed E-state index contributed by atoms with van der Waals surface area (Å²) in [6.45, 7) is 7.13. The molecule has 1 aliphatic rings. The molecule has 112 valence electrons. The van der Waals surface area contributed by atoms with Crippen molar-refractivity contribution in [1.29, 1.82) is 0 Å². The van der Waals surface area contributed by atoms with Gasteiger partial charge in [0.25, 0.3) is 0 Å². The first-order chi connectivity index (χ1) is 8.48. The van der Waals surface area contributed by atoms with Crippen LogP contribution in [0.2, 0.25) is 0 Å². The minimum Gasteiger partial charge on any atom is -0.444 e. The van der Waals surface area contributed by atoms with E-state index in [0.717, 1.165) is 0 Å². The number of nitrogens with zero attached hydrogens (tertiary/aromatic N) is 1. The summed E-state index contributed by atoms with van der Waals surface area (Å²) in [7, 11) is 0. The molecule has 0 aliphatic carbocycles. The number of carbonyl (C=O) groups is 1. The van der Waals surface area contributed by atoms with Crippen LogP contribution in [0.4, 0.5) is 18.0 Å². The van der Waals surface area contributed by atoms with E-state index in [-0.39, 0.29) is 25.4 Å². The van der Waals surface area contributed by atoms with Gasteiger partial charge in [0.15, 0.2) is 0 Å². The Bertz CT molecular complexity index is 325. The maximum Gasteiger partial charge on any atom is 0.522 e. The second-order valence-corrected chi connectivity index (χ2v) is 5.73. The maximum absolute atomic E-state index is 12.1. The lowest BCUT2D eigenvalue weighted by Gasteiger charge is -2.38. The zero-order chi connectivity index (χ0) is 14.8. The number of amides is 1. The van der Waals surface area contributed by atoms with E-state index in [4.69, 9.17) is 4.74 Å². The van der Waals surface area contributed by atoms with E-state index in [1.807, 2.05) is 0 Å². The number of rotatable bonds is 1. The zero-order valence-corrected chi connectivity index (χ0v) is 11.6. The van der Waals surface area contributed by atoms with Crippen LogP contribution in [0.5, 0.6) is 0 Å². The highest BCUT2D eigenvalue weighted by Crippen LogP contribution is 2.27. The minimum atomic E-state index is -4.63. The van der Waals surface area contributed by atoms with Gasteiger partial charge in [-0.15, -0.1) is 13.2 Å². The van der Waals surface area contributed by atoms with Gasteiger partial charge in [-0.25, -0.2) is 4.79 Å². The number of ether oxygens (including phenoxy) is 2. The summed E-state index contributed by atoms with van der Waals surface area (Å²) in [5.41, 5.74) is -0.615. The summed E-state index contributed by atoms with van der Waals surface area (Å²) in [6, 6.07) is -0.337. The summed E-state index contributed by atoms with van der Waals surface area (Å²) < 4.78 is 45.6. The van der Waals surface area contributed by atoms with Gasteiger partial charge in [0.1, 0.15) is 5.60 Å². The number of halogens is 3. The van der Waals surface area contributed by atoms with Crippen LogP contribution >= 0.6 is 0 Å². The fraction of sp³-hybridized carbons (Fsp3) is 0.917. The molecule has 1 heterocycles. The number of piperidine rings is 1. The molecule has 0 N–H and O–H groups in total. The van der Waals surface area contributed by atoms with Crippen molar-refractivity contribution in [2.75, 3.05) is 6.54 Å². The Hall–Kier alpha value is -0.980. The Morgan fingerprint density at radius 3 is 2.26 bits per heavy atom. The number of carbonyl (C=O) groups excluding carboxylic acids is 1. The molecule has 1 amide bonds. The van der Waals surface area contributed by atoms with E-state index in [1.54, 1.807) is 27.7 Å². The standard InChI is InChI=1S/C12H20F3NO3/c1-8-7-9(18-12(13,14)15)5-6-16(8)10(17)19-11(2,3)4/h8-9H,5-7H2,1-4H3/t8-,9-/m0/s1. The summed E-state index contributed by atoms with van der Waals surface area (Å²) in [5.74, 6) is 0. The van der Waals surface area contributed by atoms with Gasteiger partial charge < -0.3 is 9.64 Å². The van der Waals surface area contributed by atoms with E-state index in [0.29, 0.717) is 0 Å². The minimum absolute atomic E-state index is 0.152. The molecule has 0 aromatic rings. The molecule has 0 radical (unpaired) electrons. The monoisotopic (exact) mass is 283 g/mol. The van der Waals surface area contributed by atoms with E-state index >= 15 is 0 Å². The molecule has 0 aromatic heterocycles. The quantitative estimate of drug-likeness (QED) is 0.741. The van der Waals surface area contributed by atoms with Crippen LogP contribution in [0, 0.1) is 0 Å². The van der Waals surface area contributed by atoms with Gasteiger partial charge in [-0.1, -0.05) is 0 Å². The molecule has 1 saturated heterocycles. The first-order valence-electron chi connectivity index (χ1n) is 6.22. The number of likely N-dealkylation sites (tertiary alicyclic amines) is 1. The average Bonchev–Trinajstić information content (AvgIpc) is 2.11. The average molecular weight is 283 g/mol. The molecule has 0 saturated carbocycles. The predicted molar refractivity (Wildman–Crippen MR) is 62.6 cm³/mol. The second kappa shape index (κ2) is 5.56. The predicted octanol–water partition coefficient (Wildman–Crippen LogP) is 3.31. The van der Waals surface area contributed by atoms with Crippen LogP contribution in [-0.2, 0) is 9.47 Å². The highest BCUT2D eigenvalue weighted by Gasteiger charge is 2.38. The molecule has 4 nitrogen and oxygen atoms in total. The molecule has 7 heteroatoms. The van der Waals surface area contributed by atoms with Crippen LogP contribution in [0.1, 0.15) is 40.5 Å². The Kier molecular flexibility index (Phi) is 4.71. The molecule has 0 unspecified atom stereocenters. The molecule has 1 rings (SSSR count). The number of hydrogen-bond acceptors (Lipinski definition) is 3. The largest absolute Gasteiger partial charge is 0.522 e. The highest BCUT2D eigenvalue weighted by atomic mass is 19.4. The fourth-order valence-corrected chi connectivity index (χ4v) is 2.02. The Labute approximate surface area is 110 Å². The Morgan fingerprint density at radius 1 is 1.26 bits per heavy atom. The fourth-order valence-electron chi connectivity index (χ4n) is 2.02. The van der Waals surface area contributed by atoms with Gasteiger partial charge in [-0.3, -0.25) is 4.74 Å². The first kappa shape index (κ1) is 16.1. The number of hydrogen-bond donors (Lipinski definition) is 0. The Balaban J connectivity index is 2.53. The second-order valence-electron chi connectivity index (χ2n) is 5.73. The van der Waals surface area contributed by atoms with Crippen molar-refractivity contribution < 1.29 is 27.4 Å². The van der Waals surface area contributed by atoms with Crippen molar-refractivity contribution in [2.45, 2.75) is 64.6 Å². The van der Waals surface area contributed by atoms with E-state index in [1.165, 1.54) is 4.90 Å². The first-order valence-corrected chi connectivity index (χ1v) is 6.22. The van der Waals surface area contributed by atoms with Crippen molar-refractivity contribution in [2.24, 2.45) is 0 Å². The van der Waals surface area contributed by atoms with Crippen molar-refractivity contribution in [3.05, 3.63) is 0 Å². The lowest BCUT2D eigenvalue weighted by atomic mass is 10.0. The number of alkyl halides is 3. The van der Waals surface area contributed by atoms with Gasteiger partial charge in [-0.05, 0) is 40.5 Å². The molecule has 2 atom stereocenters. The maximum atomic E-state index is 12.1. The topological polar surface area (TPSA) is 38.8 Å². The third-order valence-corrected chi connectivity index (χ3v) is 2.76. The van der Waals surface area contributed by atoms with Crippen LogP contribution in [0.3, 0.4) is 0 Å². The van der Waals surface area contributed by atoms with Crippen molar-refractivity contribution in [1.82, 2.24) is 4.90 Å². The molecular formula is C12H20F3NO3. The smallest absolute Gasteiger partial charge is 0.444 e. The third-order valence-electron chi connectivity index (χ3n) is 2.76. The van der Waals surface area contributed by atoms with Crippen molar-refractivity contribution in [3.8, 4) is 0 Å². The normalized spacial score (nSPS) is 25.3. The van der Waals surface area contributed by atoms with Gasteiger partial charge in [0.05, 0.1) is 6.10 Å². The lowest BCUT2D eigenvalue weighted by Crippen LogP contribution is -2.49. The molecule has 1 aliphatic heterocycles. The molecular weight excluding hydrogens is 263 g/mol. The van der Waals surface area contributed by atoms with Crippen molar-refractivity contribution in [3.63, 3.8) is 0 Å². The van der Waals surface area contributed by atoms with Gasteiger partial charge in [-0.2, -0.15) is 0 Å². The van der Waals surface area contributed by atoms with Crippen LogP contribution < -0.4 is 0 Å². The zero-order valence-electron chi connectivity index (χ0n) is 11.6. The molecule has 19 heavy (non-hydrogen) atoms. The summed E-state index contributed by atoms with van der Waals surface area (Å²) >= 11 is 0. The van der Waals surface area contributed by atoms with Gasteiger partial charge in [0, 0.05) is 12.6 Å². The van der Waals surface area contributed by atoms with Crippen molar-refractivity contribution >= 4 is 6.09 Å². The third kappa shape index (κ3) is 5.67. The molecule has 0 spiro atoms. The lowest BCUT2D eigenvalue weighted by molar-refractivity contribution is -0.346. The van der Waals surface area contributed by atoms with Gasteiger partial charge >= 0.3 is 12.5 Å². The molecule has 0 bridgehead atoms.